The SMILES string of the molecule is Cc1ccccc1OCC1CN(CCCC(C)CN=CC(=O)OCc2ccccc2)C(C(=O)OCc2ccccc2)O1. The number of rotatable bonds is 15. The molecule has 0 aliphatic carbocycles. The van der Waals surface area contributed by atoms with Gasteiger partial charge in [0.25, 0.3) is 0 Å². The molecule has 1 aliphatic rings. The minimum atomic E-state index is -0.785. The maximum absolute atomic E-state index is 13.1. The molecule has 0 bridgehead atoms. The van der Waals surface area contributed by atoms with Crippen LogP contribution in [0.3, 0.4) is 0 Å². The van der Waals surface area contributed by atoms with Gasteiger partial charge in [0.15, 0.2) is 0 Å². The molecule has 0 aromatic heterocycles. The van der Waals surface area contributed by atoms with E-state index in [1.54, 1.807) is 0 Å². The van der Waals surface area contributed by atoms with Crippen molar-refractivity contribution in [3.05, 3.63) is 102 Å². The lowest BCUT2D eigenvalue weighted by Crippen LogP contribution is -2.38. The Morgan fingerprint density at radius 1 is 0.952 bits per heavy atom. The summed E-state index contributed by atoms with van der Waals surface area (Å²) in [7, 11) is 0. The molecule has 0 amide bonds. The molecule has 0 spiro atoms. The number of hydrogen-bond acceptors (Lipinski definition) is 8. The van der Waals surface area contributed by atoms with E-state index in [0.29, 0.717) is 26.2 Å². The Labute approximate surface area is 248 Å². The highest BCUT2D eigenvalue weighted by Gasteiger charge is 2.39. The summed E-state index contributed by atoms with van der Waals surface area (Å²) >= 11 is 0. The Kier molecular flexibility index (Phi) is 12.1. The highest BCUT2D eigenvalue weighted by atomic mass is 16.6. The fourth-order valence-corrected chi connectivity index (χ4v) is 4.68. The van der Waals surface area contributed by atoms with E-state index in [9.17, 15) is 9.59 Å². The summed E-state index contributed by atoms with van der Waals surface area (Å²) in [6, 6.07) is 27.0. The number of aryl methyl sites for hydroxylation is 1. The fraction of sp³-hybridized carbons (Fsp3) is 0.382. The molecule has 8 nitrogen and oxygen atoms in total. The van der Waals surface area contributed by atoms with Gasteiger partial charge in [-0.3, -0.25) is 9.89 Å². The van der Waals surface area contributed by atoms with E-state index in [1.165, 1.54) is 6.21 Å². The summed E-state index contributed by atoms with van der Waals surface area (Å²) in [6.45, 7) is 6.61. The molecule has 1 saturated heterocycles. The lowest BCUT2D eigenvalue weighted by Gasteiger charge is -2.21. The number of esters is 2. The lowest BCUT2D eigenvalue weighted by atomic mass is 10.1. The van der Waals surface area contributed by atoms with Crippen molar-refractivity contribution >= 4 is 18.2 Å². The summed E-state index contributed by atoms with van der Waals surface area (Å²) in [5, 5.41) is 0. The minimum Gasteiger partial charge on any atom is -0.491 e. The van der Waals surface area contributed by atoms with E-state index in [2.05, 4.69) is 11.9 Å². The maximum Gasteiger partial charge on any atom is 0.351 e. The minimum absolute atomic E-state index is 0.195. The highest BCUT2D eigenvalue weighted by molar-refractivity contribution is 6.23. The molecule has 1 heterocycles. The van der Waals surface area contributed by atoms with Crippen LogP contribution in [0.1, 0.15) is 36.5 Å². The second kappa shape index (κ2) is 16.4. The molecule has 3 aromatic rings. The predicted molar refractivity (Wildman–Crippen MR) is 161 cm³/mol. The van der Waals surface area contributed by atoms with Gasteiger partial charge in [-0.05, 0) is 48.4 Å². The lowest BCUT2D eigenvalue weighted by molar-refractivity contribution is -0.165. The van der Waals surface area contributed by atoms with E-state index in [1.807, 2.05) is 96.8 Å². The van der Waals surface area contributed by atoms with Gasteiger partial charge in [0.1, 0.15) is 37.9 Å². The van der Waals surface area contributed by atoms with E-state index >= 15 is 0 Å². The molecule has 1 fully saturated rings. The largest absolute Gasteiger partial charge is 0.491 e. The predicted octanol–water partition coefficient (Wildman–Crippen LogP) is 5.37. The topological polar surface area (TPSA) is 86.7 Å². The van der Waals surface area contributed by atoms with Crippen LogP contribution in [0.4, 0.5) is 0 Å². The average molecular weight is 573 g/mol. The molecular weight excluding hydrogens is 532 g/mol. The average Bonchev–Trinajstić information content (AvgIpc) is 3.42. The standard InChI is InChI=1S/C34H40N2O6/c1-26(20-35-21-32(37)40-23-28-14-5-3-6-15-28)12-11-19-36-22-30(25-39-31-18-10-9-13-27(31)2)42-33(36)34(38)41-24-29-16-7-4-8-17-29/h3-10,13-18,21,26,30,33H,11-12,19-20,22-25H2,1-2H3. The molecule has 1 aliphatic heterocycles. The van der Waals surface area contributed by atoms with Crippen molar-refractivity contribution in [1.29, 1.82) is 0 Å². The third-order valence-electron chi connectivity index (χ3n) is 7.01. The van der Waals surface area contributed by atoms with Crippen LogP contribution >= 0.6 is 0 Å². The van der Waals surface area contributed by atoms with Crippen LogP contribution in [0.2, 0.25) is 0 Å². The first kappa shape index (κ1) is 30.9. The summed E-state index contributed by atoms with van der Waals surface area (Å²) in [4.78, 5) is 31.3. The van der Waals surface area contributed by atoms with E-state index in [0.717, 1.165) is 35.3 Å². The van der Waals surface area contributed by atoms with Gasteiger partial charge < -0.3 is 18.9 Å². The fourth-order valence-electron chi connectivity index (χ4n) is 4.68. The molecule has 0 radical (unpaired) electrons. The monoisotopic (exact) mass is 572 g/mol. The van der Waals surface area contributed by atoms with Crippen molar-refractivity contribution < 1.29 is 28.5 Å². The Hall–Kier alpha value is -4.01. The Bertz CT molecular complexity index is 1280. The zero-order valence-corrected chi connectivity index (χ0v) is 24.4. The van der Waals surface area contributed by atoms with Crippen LogP contribution in [0.5, 0.6) is 5.75 Å². The summed E-state index contributed by atoms with van der Waals surface area (Å²) < 4.78 is 23.0. The summed E-state index contributed by atoms with van der Waals surface area (Å²) in [6.07, 6.45) is 1.93. The van der Waals surface area contributed by atoms with Gasteiger partial charge in [-0.15, -0.1) is 0 Å². The summed E-state index contributed by atoms with van der Waals surface area (Å²) in [5.41, 5.74) is 2.91. The molecule has 8 heteroatoms. The number of para-hydroxylation sites is 1. The molecule has 222 valence electrons. The Morgan fingerprint density at radius 3 is 2.29 bits per heavy atom. The molecule has 0 saturated carbocycles. The van der Waals surface area contributed by atoms with Crippen molar-refractivity contribution in [1.82, 2.24) is 4.90 Å². The van der Waals surface area contributed by atoms with Crippen LogP contribution in [-0.2, 0) is 37.0 Å². The van der Waals surface area contributed by atoms with Gasteiger partial charge in [0.05, 0.1) is 0 Å². The molecular formula is C34H40N2O6. The van der Waals surface area contributed by atoms with Gasteiger partial charge in [-0.1, -0.05) is 85.8 Å². The third kappa shape index (κ3) is 10.1. The van der Waals surface area contributed by atoms with Crippen molar-refractivity contribution in [3.8, 4) is 5.75 Å². The van der Waals surface area contributed by atoms with Gasteiger partial charge >= 0.3 is 11.9 Å². The van der Waals surface area contributed by atoms with Crippen molar-refractivity contribution in [2.45, 2.75) is 52.2 Å². The second-order valence-corrected chi connectivity index (χ2v) is 10.6. The third-order valence-corrected chi connectivity index (χ3v) is 7.01. The van der Waals surface area contributed by atoms with Crippen molar-refractivity contribution in [3.63, 3.8) is 0 Å². The molecule has 3 aromatic carbocycles. The molecule has 4 rings (SSSR count). The second-order valence-electron chi connectivity index (χ2n) is 10.6. The smallest absolute Gasteiger partial charge is 0.351 e. The zero-order valence-electron chi connectivity index (χ0n) is 24.4. The van der Waals surface area contributed by atoms with Crippen LogP contribution < -0.4 is 4.74 Å². The van der Waals surface area contributed by atoms with Gasteiger partial charge in [-0.2, -0.15) is 0 Å². The highest BCUT2D eigenvalue weighted by Crippen LogP contribution is 2.22. The number of hydrogen-bond donors (Lipinski definition) is 0. The van der Waals surface area contributed by atoms with Crippen LogP contribution in [0, 0.1) is 12.8 Å². The molecule has 3 atom stereocenters. The van der Waals surface area contributed by atoms with E-state index in [-0.39, 0.29) is 25.2 Å². The van der Waals surface area contributed by atoms with Crippen molar-refractivity contribution in [2.75, 3.05) is 26.2 Å². The van der Waals surface area contributed by atoms with Crippen molar-refractivity contribution in [2.24, 2.45) is 10.9 Å². The first-order valence-electron chi connectivity index (χ1n) is 14.5. The van der Waals surface area contributed by atoms with Gasteiger partial charge in [0, 0.05) is 19.6 Å². The quantitative estimate of drug-likeness (QED) is 0.179. The normalized spacial score (nSPS) is 17.7. The molecule has 42 heavy (non-hydrogen) atoms. The molecule has 3 unspecified atom stereocenters. The first-order valence-corrected chi connectivity index (χ1v) is 14.5. The zero-order chi connectivity index (χ0) is 29.6. The van der Waals surface area contributed by atoms with Gasteiger partial charge in [0.2, 0.25) is 6.23 Å². The Morgan fingerprint density at radius 2 is 1.60 bits per heavy atom. The first-order chi connectivity index (χ1) is 20.5. The van der Waals surface area contributed by atoms with Crippen LogP contribution in [0.25, 0.3) is 0 Å². The number of carbonyl (C=O) groups is 2. The van der Waals surface area contributed by atoms with Crippen LogP contribution in [-0.4, -0.2) is 61.6 Å². The number of aliphatic imine (C=N–C) groups is 1. The number of nitrogens with zero attached hydrogens (tertiary/aromatic N) is 2. The Balaban J connectivity index is 1.23. The number of benzene rings is 3. The number of carbonyl (C=O) groups excluding carboxylic acids is 2. The van der Waals surface area contributed by atoms with E-state index in [4.69, 9.17) is 18.9 Å². The number of ether oxygens (including phenoxy) is 4. The molecule has 0 N–H and O–H groups in total. The van der Waals surface area contributed by atoms with E-state index < -0.39 is 18.2 Å². The van der Waals surface area contributed by atoms with Gasteiger partial charge in [-0.25, -0.2) is 9.59 Å². The maximum atomic E-state index is 13.1. The van der Waals surface area contributed by atoms with Crippen LogP contribution in [0.15, 0.2) is 89.9 Å². The summed E-state index contributed by atoms with van der Waals surface area (Å²) in [5.74, 6) is 0.219.